The monoisotopic (exact) mass is 413 g/mol. The number of benzene rings is 1. The number of para-hydroxylation sites is 1. The average molecular weight is 413 g/mol. The van der Waals surface area contributed by atoms with Crippen LogP contribution < -0.4 is 0 Å². The van der Waals surface area contributed by atoms with Crippen molar-refractivity contribution in [2.75, 3.05) is 19.8 Å². The lowest BCUT2D eigenvalue weighted by Gasteiger charge is -2.28. The summed E-state index contributed by atoms with van der Waals surface area (Å²) in [5, 5.41) is 9.88. The Labute approximate surface area is 175 Å². The Kier molecular flexibility index (Phi) is 7.43. The SMILES string of the molecule is C=CCOC(=O)C1=C[C@@H](c2cn(C(C)=O)c3ccccc23)C[C@@H](OCCCCO)O1. The van der Waals surface area contributed by atoms with Crippen molar-refractivity contribution in [3.63, 3.8) is 0 Å². The fourth-order valence-corrected chi connectivity index (χ4v) is 3.52. The van der Waals surface area contributed by atoms with Crippen molar-refractivity contribution in [1.82, 2.24) is 4.57 Å². The van der Waals surface area contributed by atoms with Crippen LogP contribution in [-0.4, -0.2) is 47.7 Å². The first kappa shape index (κ1) is 21.8. The second-order valence-corrected chi connectivity index (χ2v) is 7.10. The van der Waals surface area contributed by atoms with Gasteiger partial charge in [0.05, 0.1) is 12.1 Å². The van der Waals surface area contributed by atoms with E-state index in [1.165, 1.54) is 13.0 Å². The summed E-state index contributed by atoms with van der Waals surface area (Å²) in [5.74, 6) is -0.784. The van der Waals surface area contributed by atoms with Crippen molar-refractivity contribution in [3.05, 3.63) is 60.5 Å². The maximum atomic E-state index is 12.4. The molecule has 0 bridgehead atoms. The van der Waals surface area contributed by atoms with E-state index in [1.807, 2.05) is 30.5 Å². The third kappa shape index (κ3) is 4.98. The molecule has 0 radical (unpaired) electrons. The average Bonchev–Trinajstić information content (AvgIpc) is 3.15. The zero-order chi connectivity index (χ0) is 21.5. The summed E-state index contributed by atoms with van der Waals surface area (Å²) in [7, 11) is 0. The zero-order valence-electron chi connectivity index (χ0n) is 17.1. The number of aromatic nitrogens is 1. The Hall–Kier alpha value is -2.90. The van der Waals surface area contributed by atoms with Gasteiger partial charge in [0.15, 0.2) is 0 Å². The molecule has 1 aliphatic rings. The highest BCUT2D eigenvalue weighted by molar-refractivity contribution is 5.94. The molecule has 3 rings (SSSR count). The molecule has 0 saturated heterocycles. The van der Waals surface area contributed by atoms with Crippen molar-refractivity contribution in [2.24, 2.45) is 0 Å². The third-order valence-corrected chi connectivity index (χ3v) is 4.93. The summed E-state index contributed by atoms with van der Waals surface area (Å²) in [6.45, 7) is 5.65. The van der Waals surface area contributed by atoms with Crippen LogP contribution in [0.1, 0.15) is 42.5 Å². The van der Waals surface area contributed by atoms with E-state index in [4.69, 9.17) is 19.3 Å². The van der Waals surface area contributed by atoms with Gasteiger partial charge >= 0.3 is 5.97 Å². The first-order valence-electron chi connectivity index (χ1n) is 10.0. The van der Waals surface area contributed by atoms with E-state index in [9.17, 15) is 9.59 Å². The van der Waals surface area contributed by atoms with Crippen molar-refractivity contribution in [2.45, 2.75) is 38.4 Å². The molecular weight excluding hydrogens is 386 g/mol. The van der Waals surface area contributed by atoms with E-state index in [0.29, 0.717) is 25.9 Å². The third-order valence-electron chi connectivity index (χ3n) is 4.93. The van der Waals surface area contributed by atoms with Crippen LogP contribution in [0.4, 0.5) is 0 Å². The number of carbonyl (C=O) groups excluding carboxylic acids is 2. The van der Waals surface area contributed by atoms with Gasteiger partial charge in [0, 0.05) is 37.5 Å². The molecule has 2 heterocycles. The topological polar surface area (TPSA) is 87.0 Å². The Morgan fingerprint density at radius 2 is 2.13 bits per heavy atom. The van der Waals surface area contributed by atoms with Crippen molar-refractivity contribution in [1.29, 1.82) is 0 Å². The highest BCUT2D eigenvalue weighted by Crippen LogP contribution is 2.36. The van der Waals surface area contributed by atoms with E-state index in [-0.39, 0.29) is 30.8 Å². The van der Waals surface area contributed by atoms with Gasteiger partial charge in [-0.2, -0.15) is 0 Å². The molecule has 7 heteroatoms. The molecular formula is C23H27NO6. The van der Waals surface area contributed by atoms with E-state index in [1.54, 1.807) is 10.6 Å². The number of nitrogens with zero attached hydrogens (tertiary/aromatic N) is 1. The van der Waals surface area contributed by atoms with Crippen molar-refractivity contribution < 1.29 is 28.9 Å². The van der Waals surface area contributed by atoms with Gasteiger partial charge in [-0.3, -0.25) is 9.36 Å². The Morgan fingerprint density at radius 1 is 1.33 bits per heavy atom. The lowest BCUT2D eigenvalue weighted by Crippen LogP contribution is -2.28. The van der Waals surface area contributed by atoms with Gasteiger partial charge in [0.2, 0.25) is 18.0 Å². The van der Waals surface area contributed by atoms with Crippen molar-refractivity contribution >= 4 is 22.8 Å². The molecule has 1 aliphatic heterocycles. The summed E-state index contributed by atoms with van der Waals surface area (Å²) >= 11 is 0. The molecule has 0 saturated carbocycles. The van der Waals surface area contributed by atoms with Gasteiger partial charge in [-0.1, -0.05) is 30.9 Å². The molecule has 2 atom stereocenters. The van der Waals surface area contributed by atoms with Gasteiger partial charge in [-0.25, -0.2) is 4.79 Å². The van der Waals surface area contributed by atoms with Crippen LogP contribution in [0.25, 0.3) is 10.9 Å². The van der Waals surface area contributed by atoms with E-state index in [0.717, 1.165) is 16.5 Å². The first-order valence-corrected chi connectivity index (χ1v) is 10.0. The molecule has 0 unspecified atom stereocenters. The Balaban J connectivity index is 1.92. The molecule has 160 valence electrons. The summed E-state index contributed by atoms with van der Waals surface area (Å²) < 4.78 is 18.3. The number of fused-ring (bicyclic) bond motifs is 1. The van der Waals surface area contributed by atoms with Gasteiger partial charge < -0.3 is 19.3 Å². The molecule has 0 aliphatic carbocycles. The minimum Gasteiger partial charge on any atom is -0.458 e. The number of unbranched alkanes of at least 4 members (excludes halogenated alkanes) is 1. The fraction of sp³-hybridized carbons (Fsp3) is 0.391. The maximum Gasteiger partial charge on any atom is 0.373 e. The largest absolute Gasteiger partial charge is 0.458 e. The van der Waals surface area contributed by atoms with Gasteiger partial charge in [0.25, 0.3) is 0 Å². The molecule has 2 aromatic rings. The maximum absolute atomic E-state index is 12.4. The minimum absolute atomic E-state index is 0.0792. The first-order chi connectivity index (χ1) is 14.5. The highest BCUT2D eigenvalue weighted by Gasteiger charge is 2.31. The number of aliphatic hydroxyl groups is 1. The summed E-state index contributed by atoms with van der Waals surface area (Å²) in [4.78, 5) is 24.5. The predicted octanol–water partition coefficient (Wildman–Crippen LogP) is 3.53. The van der Waals surface area contributed by atoms with Crippen LogP contribution >= 0.6 is 0 Å². The normalized spacial score (nSPS) is 18.5. The lowest BCUT2D eigenvalue weighted by atomic mass is 9.92. The smallest absolute Gasteiger partial charge is 0.373 e. The van der Waals surface area contributed by atoms with Gasteiger partial charge in [0.1, 0.15) is 6.61 Å². The molecule has 1 aromatic heterocycles. The van der Waals surface area contributed by atoms with Crippen molar-refractivity contribution in [3.8, 4) is 0 Å². The molecule has 0 amide bonds. The summed E-state index contributed by atoms with van der Waals surface area (Å²) in [6.07, 6.45) is 6.20. The lowest BCUT2D eigenvalue weighted by molar-refractivity contribution is -0.160. The molecule has 1 aromatic carbocycles. The van der Waals surface area contributed by atoms with E-state index >= 15 is 0 Å². The Morgan fingerprint density at radius 3 is 2.87 bits per heavy atom. The molecule has 1 N–H and O–H groups in total. The highest BCUT2D eigenvalue weighted by atomic mass is 16.7. The number of hydrogen-bond donors (Lipinski definition) is 1. The number of rotatable bonds is 9. The van der Waals surface area contributed by atoms with Crippen LogP contribution in [0, 0.1) is 0 Å². The van der Waals surface area contributed by atoms with Gasteiger partial charge in [-0.15, -0.1) is 0 Å². The van der Waals surface area contributed by atoms with Crippen LogP contribution in [-0.2, 0) is 19.0 Å². The molecule has 0 spiro atoms. The number of carbonyl (C=O) groups is 2. The number of esters is 1. The summed E-state index contributed by atoms with van der Waals surface area (Å²) in [5.41, 5.74) is 1.73. The summed E-state index contributed by atoms with van der Waals surface area (Å²) in [6, 6.07) is 7.66. The predicted molar refractivity (Wildman–Crippen MR) is 112 cm³/mol. The fourth-order valence-electron chi connectivity index (χ4n) is 3.52. The van der Waals surface area contributed by atoms with Crippen LogP contribution in [0.5, 0.6) is 0 Å². The van der Waals surface area contributed by atoms with Crippen LogP contribution in [0.15, 0.2) is 55.0 Å². The second kappa shape index (κ2) is 10.2. The standard InChI is InChI=1S/C23H27NO6/c1-3-11-29-23(27)21-13-17(14-22(30-21)28-12-7-6-10-25)19-15-24(16(2)26)20-9-5-4-8-18(19)20/h3-5,8-9,13,15,17,22,25H,1,6-7,10-12,14H2,2H3/t17-,22+/m1/s1. The number of hydrogen-bond acceptors (Lipinski definition) is 6. The number of aliphatic hydroxyl groups excluding tert-OH is 1. The minimum atomic E-state index is -0.635. The van der Waals surface area contributed by atoms with E-state index < -0.39 is 12.3 Å². The van der Waals surface area contributed by atoms with Crippen LogP contribution in [0.3, 0.4) is 0 Å². The molecule has 30 heavy (non-hydrogen) atoms. The number of allylic oxidation sites excluding steroid dienone is 1. The van der Waals surface area contributed by atoms with Gasteiger partial charge in [-0.05, 0) is 30.5 Å². The van der Waals surface area contributed by atoms with Crippen LogP contribution in [0.2, 0.25) is 0 Å². The molecule has 7 nitrogen and oxygen atoms in total. The second-order valence-electron chi connectivity index (χ2n) is 7.10. The number of ether oxygens (including phenoxy) is 3. The van der Waals surface area contributed by atoms with E-state index in [2.05, 4.69) is 6.58 Å². The Bertz CT molecular complexity index is 944. The quantitative estimate of drug-likeness (QED) is 0.384. The zero-order valence-corrected chi connectivity index (χ0v) is 17.1. The molecule has 0 fully saturated rings.